The molecule has 0 N–H and O–H groups in total. The number of ether oxygens (including phenoxy) is 1. The summed E-state index contributed by atoms with van der Waals surface area (Å²) in [5, 5.41) is 0. The van der Waals surface area contributed by atoms with Crippen molar-refractivity contribution < 1.29 is 9.53 Å². The molecule has 0 radical (unpaired) electrons. The summed E-state index contributed by atoms with van der Waals surface area (Å²) in [5.74, 6) is 4.48. The molecule has 0 saturated heterocycles. The zero-order valence-electron chi connectivity index (χ0n) is 18.9. The van der Waals surface area contributed by atoms with Crippen LogP contribution in [0.15, 0.2) is 0 Å². The Morgan fingerprint density at radius 3 is 2.37 bits per heavy atom. The molecule has 2 nitrogen and oxygen atoms in total. The van der Waals surface area contributed by atoms with E-state index in [4.69, 9.17) is 4.74 Å². The van der Waals surface area contributed by atoms with Gasteiger partial charge in [0.1, 0.15) is 5.60 Å². The normalized spacial score (nSPS) is 45.8. The second-order valence-electron chi connectivity index (χ2n) is 12.2. The molecule has 0 aliphatic heterocycles. The van der Waals surface area contributed by atoms with Crippen LogP contribution in [0, 0.1) is 45.8 Å². The van der Waals surface area contributed by atoms with Crippen molar-refractivity contribution in [2.45, 2.75) is 105 Å². The monoisotopic (exact) mass is 374 g/mol. The third kappa shape index (κ3) is 2.67. The highest BCUT2D eigenvalue weighted by Gasteiger charge is 2.69. The maximum atomic E-state index is 12.9. The highest BCUT2D eigenvalue weighted by molar-refractivity contribution is 5.76. The van der Waals surface area contributed by atoms with Gasteiger partial charge >= 0.3 is 5.97 Å². The van der Waals surface area contributed by atoms with Gasteiger partial charge in [0.05, 0.1) is 5.41 Å². The largest absolute Gasteiger partial charge is 0.459 e. The van der Waals surface area contributed by atoms with E-state index in [1.54, 1.807) is 0 Å². The lowest BCUT2D eigenvalue weighted by molar-refractivity contribution is -0.260. The third-order valence-corrected chi connectivity index (χ3v) is 10.4. The maximum Gasteiger partial charge on any atom is 0.312 e. The van der Waals surface area contributed by atoms with E-state index in [9.17, 15) is 4.79 Å². The van der Waals surface area contributed by atoms with Gasteiger partial charge in [-0.25, -0.2) is 0 Å². The van der Waals surface area contributed by atoms with E-state index in [1.807, 2.05) is 13.8 Å². The Balaban J connectivity index is 1.61. The molecule has 2 heteroatoms. The summed E-state index contributed by atoms with van der Waals surface area (Å²) in [4.78, 5) is 12.9. The van der Waals surface area contributed by atoms with Crippen molar-refractivity contribution in [3.63, 3.8) is 0 Å². The van der Waals surface area contributed by atoms with E-state index in [1.165, 1.54) is 44.9 Å². The maximum absolute atomic E-state index is 12.9. The minimum atomic E-state index is -0.379. The van der Waals surface area contributed by atoms with Gasteiger partial charge in [0, 0.05) is 5.41 Å². The average molecular weight is 375 g/mol. The molecule has 27 heavy (non-hydrogen) atoms. The Kier molecular flexibility index (Phi) is 4.38. The molecule has 0 amide bonds. The standard InChI is InChI=1S/C25H42O2/c1-8-16-10-19-17-11-18-14-25(13-17,15-20(19)24(18,7)12-16)23(5,6)27-21(26)22(3,4)9-2/h16-20H,8-15H2,1-7H3. The smallest absolute Gasteiger partial charge is 0.312 e. The van der Waals surface area contributed by atoms with Crippen LogP contribution in [0.1, 0.15) is 99.8 Å². The topological polar surface area (TPSA) is 26.3 Å². The zero-order chi connectivity index (χ0) is 19.8. The second kappa shape index (κ2) is 5.99. The summed E-state index contributed by atoms with van der Waals surface area (Å²) in [6.45, 7) is 15.6. The zero-order valence-corrected chi connectivity index (χ0v) is 18.9. The lowest BCUT2D eigenvalue weighted by Crippen LogP contribution is -2.67. The highest BCUT2D eigenvalue weighted by Crippen LogP contribution is 2.75. The van der Waals surface area contributed by atoms with Crippen molar-refractivity contribution >= 4 is 5.97 Å². The minimum Gasteiger partial charge on any atom is -0.459 e. The van der Waals surface area contributed by atoms with E-state index < -0.39 is 0 Å². The molecule has 0 spiro atoms. The SMILES string of the molecule is CCC1CC2C3CC4CC(C(C)(C)OC(=O)C(C)(C)CC)(C3)CC2C4(C)C1. The van der Waals surface area contributed by atoms with Crippen molar-refractivity contribution in [2.75, 3.05) is 0 Å². The molecule has 5 saturated carbocycles. The molecular weight excluding hydrogens is 332 g/mol. The Bertz CT molecular complexity index is 620. The number of rotatable bonds is 5. The lowest BCUT2D eigenvalue weighted by Gasteiger charge is -2.72. The third-order valence-electron chi connectivity index (χ3n) is 10.4. The molecular formula is C25H42O2. The first kappa shape index (κ1) is 19.8. The van der Waals surface area contributed by atoms with Crippen molar-refractivity contribution in [1.29, 1.82) is 0 Å². The van der Waals surface area contributed by atoms with E-state index in [2.05, 4.69) is 34.6 Å². The van der Waals surface area contributed by atoms with Crippen molar-refractivity contribution in [3.8, 4) is 0 Å². The molecule has 0 aromatic rings. The van der Waals surface area contributed by atoms with Gasteiger partial charge in [-0.15, -0.1) is 0 Å². The summed E-state index contributed by atoms with van der Waals surface area (Å²) in [5.41, 5.74) is 0.0321. The quantitative estimate of drug-likeness (QED) is 0.505. The molecule has 0 aromatic carbocycles. The number of esters is 1. The number of hydrogen-bond acceptors (Lipinski definition) is 2. The first-order valence-corrected chi connectivity index (χ1v) is 11.7. The Morgan fingerprint density at radius 1 is 1.04 bits per heavy atom. The fourth-order valence-electron chi connectivity index (χ4n) is 7.95. The van der Waals surface area contributed by atoms with Crippen LogP contribution in [0.3, 0.4) is 0 Å². The summed E-state index contributed by atoms with van der Waals surface area (Å²) < 4.78 is 6.34. The first-order valence-electron chi connectivity index (χ1n) is 11.7. The number of carbonyl (C=O) groups is 1. The Labute approximate surface area is 167 Å². The molecule has 5 rings (SSSR count). The van der Waals surface area contributed by atoms with Crippen molar-refractivity contribution in [3.05, 3.63) is 0 Å². The second-order valence-corrected chi connectivity index (χ2v) is 12.2. The molecule has 5 fully saturated rings. The van der Waals surface area contributed by atoms with Gasteiger partial charge in [0.25, 0.3) is 0 Å². The van der Waals surface area contributed by atoms with Crippen LogP contribution in [0.2, 0.25) is 0 Å². The van der Waals surface area contributed by atoms with Crippen molar-refractivity contribution in [2.24, 2.45) is 45.8 Å². The van der Waals surface area contributed by atoms with Crippen LogP contribution in [-0.2, 0) is 9.53 Å². The van der Waals surface area contributed by atoms with Crippen LogP contribution in [-0.4, -0.2) is 11.6 Å². The van der Waals surface area contributed by atoms with Gasteiger partial charge in [-0.3, -0.25) is 4.79 Å². The molecule has 5 aliphatic rings. The summed E-state index contributed by atoms with van der Waals surface area (Å²) >= 11 is 0. The molecule has 7 unspecified atom stereocenters. The number of carbonyl (C=O) groups excluding carboxylic acids is 1. The van der Waals surface area contributed by atoms with E-state index in [0.717, 1.165) is 36.0 Å². The fourth-order valence-corrected chi connectivity index (χ4v) is 7.95. The van der Waals surface area contributed by atoms with Crippen LogP contribution in [0.25, 0.3) is 0 Å². The highest BCUT2D eigenvalue weighted by atomic mass is 16.6. The molecule has 7 atom stereocenters. The molecule has 154 valence electrons. The van der Waals surface area contributed by atoms with E-state index in [0.29, 0.717) is 5.41 Å². The number of hydrogen-bond donors (Lipinski definition) is 0. The Morgan fingerprint density at radius 2 is 1.74 bits per heavy atom. The van der Waals surface area contributed by atoms with Gasteiger partial charge in [0.15, 0.2) is 0 Å². The van der Waals surface area contributed by atoms with Gasteiger partial charge in [0.2, 0.25) is 0 Å². The Hall–Kier alpha value is -0.530. The van der Waals surface area contributed by atoms with Crippen LogP contribution in [0.4, 0.5) is 0 Å². The summed E-state index contributed by atoms with van der Waals surface area (Å²) in [6, 6.07) is 0. The fraction of sp³-hybridized carbons (Fsp3) is 0.960. The van der Waals surface area contributed by atoms with Crippen molar-refractivity contribution in [1.82, 2.24) is 0 Å². The molecule has 0 aromatic heterocycles. The predicted molar refractivity (Wildman–Crippen MR) is 110 cm³/mol. The predicted octanol–water partition coefficient (Wildman–Crippen LogP) is 6.62. The van der Waals surface area contributed by atoms with Gasteiger partial charge < -0.3 is 4.74 Å². The molecule has 0 heterocycles. The van der Waals surface area contributed by atoms with E-state index >= 15 is 0 Å². The van der Waals surface area contributed by atoms with Crippen LogP contribution >= 0.6 is 0 Å². The molecule has 6 bridgehead atoms. The lowest BCUT2D eigenvalue weighted by atomic mass is 9.33. The van der Waals surface area contributed by atoms with Gasteiger partial charge in [-0.1, -0.05) is 27.2 Å². The van der Waals surface area contributed by atoms with Gasteiger partial charge in [-0.2, -0.15) is 0 Å². The summed E-state index contributed by atoms with van der Waals surface area (Å²) in [6.07, 6.45) is 10.4. The molecule has 5 aliphatic carbocycles. The average Bonchev–Trinajstić information content (AvgIpc) is 2.60. The van der Waals surface area contributed by atoms with Crippen LogP contribution < -0.4 is 0 Å². The minimum absolute atomic E-state index is 0.00296. The first-order chi connectivity index (χ1) is 12.5. The van der Waals surface area contributed by atoms with E-state index in [-0.39, 0.29) is 22.4 Å². The summed E-state index contributed by atoms with van der Waals surface area (Å²) in [7, 11) is 0. The van der Waals surface area contributed by atoms with Gasteiger partial charge in [-0.05, 0) is 108 Å². The van der Waals surface area contributed by atoms with Crippen LogP contribution in [0.5, 0.6) is 0 Å².